The number of ether oxygens (including phenoxy) is 1. The number of aliphatic hydroxyl groups is 1. The molecule has 1 saturated carbocycles. The molecule has 0 spiro atoms. The van der Waals surface area contributed by atoms with Crippen molar-refractivity contribution in [1.82, 2.24) is 20.2 Å². The third kappa shape index (κ3) is 3.76. The van der Waals surface area contributed by atoms with Gasteiger partial charge in [-0.05, 0) is 49.3 Å². The van der Waals surface area contributed by atoms with Gasteiger partial charge in [0.1, 0.15) is 0 Å². The fourth-order valence-electron chi connectivity index (χ4n) is 2.89. The van der Waals surface area contributed by atoms with Crippen molar-refractivity contribution in [2.24, 2.45) is 5.92 Å². The molecule has 0 aliphatic heterocycles. The van der Waals surface area contributed by atoms with Crippen molar-refractivity contribution in [3.63, 3.8) is 0 Å². The molecule has 0 aromatic carbocycles. The molecule has 3 rings (SSSR count). The Bertz CT molecular complexity index is 647. The van der Waals surface area contributed by atoms with Crippen molar-refractivity contribution < 1.29 is 14.6 Å². The number of esters is 1. The molecule has 0 saturated heterocycles. The second-order valence-corrected chi connectivity index (χ2v) is 6.69. The first kappa shape index (κ1) is 16.1. The van der Waals surface area contributed by atoms with Crippen LogP contribution in [0.15, 0.2) is 16.8 Å². The highest BCUT2D eigenvalue weighted by molar-refractivity contribution is 7.08. The van der Waals surface area contributed by atoms with Crippen LogP contribution in [-0.4, -0.2) is 43.5 Å². The molecule has 0 bridgehead atoms. The van der Waals surface area contributed by atoms with Crippen LogP contribution in [0.5, 0.6) is 0 Å². The lowest BCUT2D eigenvalue weighted by Gasteiger charge is -2.34. The van der Waals surface area contributed by atoms with E-state index in [0.717, 1.165) is 5.56 Å². The Morgan fingerprint density at radius 2 is 2.30 bits per heavy atom. The molecule has 0 amide bonds. The fraction of sp³-hybridized carbons (Fsp3) is 0.600. The molecule has 1 aliphatic carbocycles. The highest BCUT2D eigenvalue weighted by Crippen LogP contribution is 2.33. The molecule has 0 atom stereocenters. The van der Waals surface area contributed by atoms with E-state index in [0.29, 0.717) is 44.7 Å². The maximum Gasteiger partial charge on any atom is 0.308 e. The van der Waals surface area contributed by atoms with Gasteiger partial charge < -0.3 is 9.84 Å². The van der Waals surface area contributed by atoms with E-state index in [2.05, 4.69) is 15.4 Å². The molecule has 0 unspecified atom stereocenters. The molecule has 0 radical (unpaired) electrons. The van der Waals surface area contributed by atoms with Crippen LogP contribution >= 0.6 is 11.3 Å². The van der Waals surface area contributed by atoms with Gasteiger partial charge in [-0.1, -0.05) is 0 Å². The lowest BCUT2D eigenvalue weighted by molar-refractivity contribution is -0.151. The molecule has 2 heterocycles. The first-order valence-electron chi connectivity index (χ1n) is 7.79. The first-order chi connectivity index (χ1) is 11.1. The summed E-state index contributed by atoms with van der Waals surface area (Å²) in [5.74, 6) is 0.295. The van der Waals surface area contributed by atoms with E-state index < -0.39 is 5.60 Å². The summed E-state index contributed by atoms with van der Waals surface area (Å²) in [6, 6.07) is 1.94. The quantitative estimate of drug-likeness (QED) is 0.839. The van der Waals surface area contributed by atoms with Gasteiger partial charge in [0.25, 0.3) is 0 Å². The monoisotopic (exact) mass is 336 g/mol. The van der Waals surface area contributed by atoms with E-state index >= 15 is 0 Å². The standard InChI is InChI=1S/C15H20N4O3S/c1-2-22-14(20)11-3-6-15(21,7-4-11)10-19-17-13(16-18-19)12-5-8-23-9-12/h5,8-9,11,21H,2-4,6-7,10H2,1H3. The van der Waals surface area contributed by atoms with Crippen molar-refractivity contribution in [2.75, 3.05) is 6.61 Å². The zero-order valence-electron chi connectivity index (χ0n) is 13.0. The van der Waals surface area contributed by atoms with Crippen LogP contribution in [0.25, 0.3) is 11.4 Å². The molecule has 124 valence electrons. The fourth-order valence-corrected chi connectivity index (χ4v) is 3.52. The minimum Gasteiger partial charge on any atom is -0.466 e. The maximum absolute atomic E-state index is 11.8. The number of rotatable bonds is 5. The van der Waals surface area contributed by atoms with Crippen molar-refractivity contribution in [1.29, 1.82) is 0 Å². The number of hydrogen-bond acceptors (Lipinski definition) is 7. The summed E-state index contributed by atoms with van der Waals surface area (Å²) in [5, 5.41) is 27.0. The number of hydrogen-bond donors (Lipinski definition) is 1. The SMILES string of the molecule is CCOC(=O)C1CCC(O)(Cn2nnc(-c3ccsc3)n2)CC1. The summed E-state index contributed by atoms with van der Waals surface area (Å²) in [6.45, 7) is 2.49. The molecular weight excluding hydrogens is 316 g/mol. The number of thiophene rings is 1. The zero-order chi connectivity index (χ0) is 16.3. The van der Waals surface area contributed by atoms with Crippen LogP contribution in [0.2, 0.25) is 0 Å². The van der Waals surface area contributed by atoms with E-state index in [9.17, 15) is 9.90 Å². The normalized spacial score (nSPS) is 24.5. The van der Waals surface area contributed by atoms with Gasteiger partial charge in [-0.25, -0.2) is 0 Å². The van der Waals surface area contributed by atoms with Gasteiger partial charge in [-0.3, -0.25) is 4.79 Å². The van der Waals surface area contributed by atoms with Gasteiger partial charge in [-0.2, -0.15) is 16.1 Å². The highest BCUT2D eigenvalue weighted by atomic mass is 32.1. The van der Waals surface area contributed by atoms with Gasteiger partial charge in [0, 0.05) is 10.9 Å². The molecule has 1 aliphatic rings. The summed E-state index contributed by atoms with van der Waals surface area (Å²) in [7, 11) is 0. The van der Waals surface area contributed by atoms with Crippen molar-refractivity contribution >= 4 is 17.3 Å². The summed E-state index contributed by atoms with van der Waals surface area (Å²) in [5.41, 5.74) is 0.0366. The summed E-state index contributed by atoms with van der Waals surface area (Å²) >= 11 is 1.58. The summed E-state index contributed by atoms with van der Waals surface area (Å²) < 4.78 is 5.05. The van der Waals surface area contributed by atoms with E-state index in [1.54, 1.807) is 18.3 Å². The molecule has 1 fully saturated rings. The Kier molecular flexibility index (Phi) is 4.72. The topological polar surface area (TPSA) is 90.1 Å². The van der Waals surface area contributed by atoms with E-state index in [1.807, 2.05) is 16.8 Å². The van der Waals surface area contributed by atoms with E-state index in [1.165, 1.54) is 4.80 Å². The minimum absolute atomic E-state index is 0.111. The molecule has 2 aromatic rings. The minimum atomic E-state index is -0.893. The molecular formula is C15H20N4O3S. The largest absolute Gasteiger partial charge is 0.466 e. The Morgan fingerprint density at radius 1 is 1.52 bits per heavy atom. The van der Waals surface area contributed by atoms with Crippen molar-refractivity contribution in [3.05, 3.63) is 16.8 Å². The van der Waals surface area contributed by atoms with Crippen LogP contribution in [0, 0.1) is 5.92 Å². The number of carbonyl (C=O) groups is 1. The Balaban J connectivity index is 1.59. The maximum atomic E-state index is 11.8. The van der Waals surface area contributed by atoms with E-state index in [-0.39, 0.29) is 11.9 Å². The third-order valence-electron chi connectivity index (χ3n) is 4.20. The predicted octanol–water partition coefficient (Wildman–Crippen LogP) is 1.89. The smallest absolute Gasteiger partial charge is 0.308 e. The van der Waals surface area contributed by atoms with Gasteiger partial charge in [0.05, 0.1) is 24.7 Å². The lowest BCUT2D eigenvalue weighted by atomic mass is 9.79. The zero-order valence-corrected chi connectivity index (χ0v) is 13.8. The first-order valence-corrected chi connectivity index (χ1v) is 8.73. The van der Waals surface area contributed by atoms with Gasteiger partial charge in [0.15, 0.2) is 0 Å². The number of nitrogens with zero attached hydrogens (tertiary/aromatic N) is 4. The highest BCUT2D eigenvalue weighted by Gasteiger charge is 2.37. The van der Waals surface area contributed by atoms with Crippen molar-refractivity contribution in [2.45, 2.75) is 44.8 Å². The average Bonchev–Trinajstić information content (AvgIpc) is 3.19. The van der Waals surface area contributed by atoms with Crippen LogP contribution in [-0.2, 0) is 16.1 Å². The molecule has 8 heteroatoms. The Labute approximate surface area is 138 Å². The lowest BCUT2D eigenvalue weighted by Crippen LogP contribution is -2.40. The Morgan fingerprint density at radius 3 is 2.96 bits per heavy atom. The van der Waals surface area contributed by atoms with Gasteiger partial charge >= 0.3 is 5.97 Å². The molecule has 2 aromatic heterocycles. The van der Waals surface area contributed by atoms with Gasteiger partial charge in [-0.15, -0.1) is 10.2 Å². The van der Waals surface area contributed by atoms with Crippen LogP contribution in [0.4, 0.5) is 0 Å². The van der Waals surface area contributed by atoms with Crippen molar-refractivity contribution in [3.8, 4) is 11.4 Å². The van der Waals surface area contributed by atoms with Crippen LogP contribution in [0.1, 0.15) is 32.6 Å². The number of aromatic nitrogens is 4. The second kappa shape index (κ2) is 6.76. The third-order valence-corrected chi connectivity index (χ3v) is 4.89. The summed E-state index contributed by atoms with van der Waals surface area (Å²) in [6.07, 6.45) is 2.32. The average molecular weight is 336 g/mol. The molecule has 1 N–H and O–H groups in total. The van der Waals surface area contributed by atoms with Crippen LogP contribution < -0.4 is 0 Å². The summed E-state index contributed by atoms with van der Waals surface area (Å²) in [4.78, 5) is 13.2. The Hall–Kier alpha value is -1.80. The number of tetrazole rings is 1. The number of carbonyl (C=O) groups excluding carboxylic acids is 1. The van der Waals surface area contributed by atoms with Crippen LogP contribution in [0.3, 0.4) is 0 Å². The molecule has 7 nitrogen and oxygen atoms in total. The predicted molar refractivity (Wildman–Crippen MR) is 84.7 cm³/mol. The van der Waals surface area contributed by atoms with Gasteiger partial charge in [0.2, 0.25) is 5.82 Å². The van der Waals surface area contributed by atoms with E-state index in [4.69, 9.17) is 4.74 Å². The molecule has 23 heavy (non-hydrogen) atoms. The second-order valence-electron chi connectivity index (χ2n) is 5.91.